The predicted octanol–water partition coefficient (Wildman–Crippen LogP) is 4.68. The number of alkyl halides is 3. The lowest BCUT2D eigenvalue weighted by Crippen LogP contribution is -2.15. The number of carbonyl (C=O) groups is 1. The molecule has 3 aromatic rings. The lowest BCUT2D eigenvalue weighted by atomic mass is 9.97. The summed E-state index contributed by atoms with van der Waals surface area (Å²) in [5.74, 6) is -1.59. The number of carbonyl (C=O) groups excluding carboxylic acids is 1. The second kappa shape index (κ2) is 10.0. The molecule has 1 heterocycles. The van der Waals surface area contributed by atoms with Gasteiger partial charge in [-0.2, -0.15) is 13.2 Å². The van der Waals surface area contributed by atoms with Gasteiger partial charge in [-0.1, -0.05) is 30.3 Å². The van der Waals surface area contributed by atoms with Crippen molar-refractivity contribution in [3.8, 4) is 11.6 Å². The van der Waals surface area contributed by atoms with E-state index in [2.05, 4.69) is 14.7 Å². The average molecular weight is 460 g/mol. The Morgan fingerprint density at radius 1 is 1.00 bits per heavy atom. The third kappa shape index (κ3) is 5.40. The van der Waals surface area contributed by atoms with E-state index in [0.29, 0.717) is 5.75 Å². The molecule has 0 saturated heterocycles. The second-order valence-corrected chi connectivity index (χ2v) is 6.61. The Morgan fingerprint density at radius 2 is 1.67 bits per heavy atom. The molecule has 33 heavy (non-hydrogen) atoms. The maximum absolute atomic E-state index is 13.6. The van der Waals surface area contributed by atoms with Crippen LogP contribution in [0, 0.1) is 0 Å². The average Bonchev–Trinajstić information content (AvgIpc) is 2.82. The van der Waals surface area contributed by atoms with E-state index >= 15 is 0 Å². The van der Waals surface area contributed by atoms with Crippen molar-refractivity contribution in [2.45, 2.75) is 12.8 Å². The molecule has 3 rings (SSSR count). The molecule has 1 N–H and O–H groups in total. The first kappa shape index (κ1) is 23.6. The van der Waals surface area contributed by atoms with Crippen LogP contribution in [0.5, 0.6) is 11.6 Å². The fraction of sp³-hybridized carbons (Fsp3) is 0.174. The van der Waals surface area contributed by atoms with E-state index in [-0.39, 0.29) is 18.2 Å². The normalized spacial score (nSPS) is 12.0. The number of methoxy groups -OCH3 is 2. The maximum Gasteiger partial charge on any atom is 0.417 e. The van der Waals surface area contributed by atoms with Gasteiger partial charge in [0.1, 0.15) is 17.9 Å². The summed E-state index contributed by atoms with van der Waals surface area (Å²) in [5, 5.41) is 10.9. The Balaban J connectivity index is 2.06. The van der Waals surface area contributed by atoms with Crippen molar-refractivity contribution < 1.29 is 37.3 Å². The van der Waals surface area contributed by atoms with Crippen LogP contribution in [0.2, 0.25) is 0 Å². The van der Waals surface area contributed by atoms with Crippen LogP contribution in [0.4, 0.5) is 13.2 Å². The second-order valence-electron chi connectivity index (χ2n) is 6.61. The number of ether oxygens (including phenoxy) is 3. The standard InChI is InChI=1S/C23H19F3N2O5/c1-31-15-9-7-14(8-10-15)13-33-21-19(27-11-12-28-21)20(29)18(22(30)32-2)16-5-3-4-6-17(16)23(24,25)26/h3-12,29H,13H2,1-2H3. The van der Waals surface area contributed by atoms with Gasteiger partial charge in [-0.15, -0.1) is 0 Å². The van der Waals surface area contributed by atoms with Crippen molar-refractivity contribution in [2.24, 2.45) is 0 Å². The summed E-state index contributed by atoms with van der Waals surface area (Å²) >= 11 is 0. The van der Waals surface area contributed by atoms with Gasteiger partial charge in [0.05, 0.1) is 19.8 Å². The summed E-state index contributed by atoms with van der Waals surface area (Å²) in [6, 6.07) is 11.2. The summed E-state index contributed by atoms with van der Waals surface area (Å²) in [5.41, 5.74) is -2.00. The molecular formula is C23H19F3N2O5. The molecule has 1 aromatic heterocycles. The molecule has 0 aliphatic rings. The van der Waals surface area contributed by atoms with E-state index < -0.39 is 34.6 Å². The van der Waals surface area contributed by atoms with E-state index in [1.54, 1.807) is 24.3 Å². The highest BCUT2D eigenvalue weighted by molar-refractivity contribution is 6.23. The minimum atomic E-state index is -4.79. The lowest BCUT2D eigenvalue weighted by Gasteiger charge is -2.16. The quantitative estimate of drug-likeness (QED) is 0.311. The number of aliphatic hydroxyl groups excluding tert-OH is 1. The molecule has 172 valence electrons. The fourth-order valence-corrected chi connectivity index (χ4v) is 2.97. The summed E-state index contributed by atoms with van der Waals surface area (Å²) in [6.45, 7) is 0.00959. The SMILES string of the molecule is COC(=O)C(=C(O)c1nccnc1OCc1ccc(OC)cc1)c1ccccc1C(F)(F)F. The molecule has 0 aliphatic heterocycles. The van der Waals surface area contributed by atoms with Crippen molar-refractivity contribution in [1.29, 1.82) is 0 Å². The Kier molecular flexibility index (Phi) is 7.17. The summed E-state index contributed by atoms with van der Waals surface area (Å²) in [7, 11) is 2.52. The van der Waals surface area contributed by atoms with Crippen LogP contribution in [0.3, 0.4) is 0 Å². The van der Waals surface area contributed by atoms with Crippen LogP contribution in [0.25, 0.3) is 11.3 Å². The first-order valence-electron chi connectivity index (χ1n) is 9.51. The maximum atomic E-state index is 13.6. The molecule has 10 heteroatoms. The van der Waals surface area contributed by atoms with Crippen LogP contribution in [-0.4, -0.2) is 35.3 Å². The summed E-state index contributed by atoms with van der Waals surface area (Å²) in [6.07, 6.45) is -2.30. The molecule has 0 unspecified atom stereocenters. The van der Waals surface area contributed by atoms with Gasteiger partial charge in [0.15, 0.2) is 11.5 Å². The number of rotatable bonds is 7. The smallest absolute Gasteiger partial charge is 0.417 e. The highest BCUT2D eigenvalue weighted by atomic mass is 19.4. The van der Waals surface area contributed by atoms with Crippen molar-refractivity contribution in [3.63, 3.8) is 0 Å². The Bertz CT molecular complexity index is 1160. The van der Waals surface area contributed by atoms with Crippen molar-refractivity contribution >= 4 is 17.3 Å². The zero-order valence-electron chi connectivity index (χ0n) is 17.6. The fourth-order valence-electron chi connectivity index (χ4n) is 2.97. The van der Waals surface area contributed by atoms with Crippen molar-refractivity contribution in [1.82, 2.24) is 9.97 Å². The van der Waals surface area contributed by atoms with Gasteiger partial charge < -0.3 is 19.3 Å². The molecule has 0 amide bonds. The van der Waals surface area contributed by atoms with Gasteiger partial charge in [-0.3, -0.25) is 0 Å². The lowest BCUT2D eigenvalue weighted by molar-refractivity contribution is -0.138. The number of aliphatic hydroxyl groups is 1. The van der Waals surface area contributed by atoms with Gasteiger partial charge in [0, 0.05) is 18.0 Å². The molecule has 0 atom stereocenters. The largest absolute Gasteiger partial charge is 0.505 e. The monoisotopic (exact) mass is 460 g/mol. The van der Waals surface area contributed by atoms with Crippen LogP contribution >= 0.6 is 0 Å². The number of hydrogen-bond acceptors (Lipinski definition) is 7. The van der Waals surface area contributed by atoms with Gasteiger partial charge in [-0.05, 0) is 23.8 Å². The topological polar surface area (TPSA) is 90.8 Å². The van der Waals surface area contributed by atoms with E-state index in [0.717, 1.165) is 24.8 Å². The Morgan fingerprint density at radius 3 is 2.30 bits per heavy atom. The number of nitrogens with zero attached hydrogens (tertiary/aromatic N) is 2. The van der Waals surface area contributed by atoms with Crippen molar-refractivity contribution in [2.75, 3.05) is 14.2 Å². The number of benzene rings is 2. The highest BCUT2D eigenvalue weighted by Crippen LogP contribution is 2.38. The third-order valence-corrected chi connectivity index (χ3v) is 4.55. The molecule has 7 nitrogen and oxygen atoms in total. The third-order valence-electron chi connectivity index (χ3n) is 4.55. The highest BCUT2D eigenvalue weighted by Gasteiger charge is 2.36. The molecule has 2 aromatic carbocycles. The molecule has 0 spiro atoms. The minimum Gasteiger partial charge on any atom is -0.505 e. The molecule has 0 saturated carbocycles. The molecule has 0 radical (unpaired) electrons. The first-order valence-corrected chi connectivity index (χ1v) is 9.51. The van der Waals surface area contributed by atoms with E-state index in [1.165, 1.54) is 31.6 Å². The molecular weight excluding hydrogens is 441 g/mol. The zero-order chi connectivity index (χ0) is 24.0. The molecule has 0 bridgehead atoms. The van der Waals surface area contributed by atoms with Crippen molar-refractivity contribution in [3.05, 3.63) is 83.3 Å². The van der Waals surface area contributed by atoms with Crippen LogP contribution < -0.4 is 9.47 Å². The number of esters is 1. The van der Waals surface area contributed by atoms with E-state index in [1.807, 2.05) is 0 Å². The van der Waals surface area contributed by atoms with E-state index in [9.17, 15) is 23.1 Å². The molecule has 0 fully saturated rings. The van der Waals surface area contributed by atoms with Crippen LogP contribution in [0.15, 0.2) is 60.9 Å². The zero-order valence-corrected chi connectivity index (χ0v) is 17.6. The van der Waals surface area contributed by atoms with Crippen LogP contribution in [0.1, 0.15) is 22.4 Å². The first-order chi connectivity index (χ1) is 15.8. The molecule has 0 aliphatic carbocycles. The Labute approximate surface area is 187 Å². The van der Waals surface area contributed by atoms with Gasteiger partial charge in [0.2, 0.25) is 5.88 Å². The summed E-state index contributed by atoms with van der Waals surface area (Å²) < 4.78 is 56.1. The number of hydrogen-bond donors (Lipinski definition) is 1. The Hall–Kier alpha value is -4.08. The van der Waals surface area contributed by atoms with Gasteiger partial charge in [0.25, 0.3) is 0 Å². The summed E-state index contributed by atoms with van der Waals surface area (Å²) in [4.78, 5) is 20.4. The van der Waals surface area contributed by atoms with Crippen LogP contribution in [-0.2, 0) is 22.3 Å². The number of aromatic nitrogens is 2. The number of halogens is 3. The van der Waals surface area contributed by atoms with E-state index in [4.69, 9.17) is 9.47 Å². The predicted molar refractivity (Wildman–Crippen MR) is 112 cm³/mol. The van der Waals surface area contributed by atoms with Gasteiger partial charge >= 0.3 is 12.1 Å². The van der Waals surface area contributed by atoms with Gasteiger partial charge in [-0.25, -0.2) is 14.8 Å². The minimum absolute atomic E-state index is 0.00959.